The molecule has 0 aromatic heterocycles. The number of amides is 2. The number of carbonyl (C=O) groups is 2. The number of nitrogens with zero attached hydrogens (tertiary/aromatic N) is 1. The molecule has 0 saturated carbocycles. The van der Waals surface area contributed by atoms with Crippen molar-refractivity contribution < 1.29 is 14.0 Å². The van der Waals surface area contributed by atoms with Crippen LogP contribution < -0.4 is 10.2 Å². The molecule has 3 aromatic carbocycles. The molecular weight excluding hydrogens is 363 g/mol. The van der Waals surface area contributed by atoms with Gasteiger partial charge in [-0.3, -0.25) is 9.59 Å². The number of anilines is 2. The third-order valence-corrected chi connectivity index (χ3v) is 5.57. The Morgan fingerprint density at radius 3 is 2.63 bits per heavy atom. The highest BCUT2D eigenvalue weighted by Gasteiger charge is 2.29. The van der Waals surface area contributed by atoms with Crippen LogP contribution in [-0.2, 0) is 4.79 Å². The molecule has 3 aromatic rings. The van der Waals surface area contributed by atoms with Crippen molar-refractivity contribution in [1.29, 1.82) is 0 Å². The first-order valence-corrected chi connectivity index (χ1v) is 9.63. The van der Waals surface area contributed by atoms with Crippen LogP contribution in [0.3, 0.4) is 0 Å². The summed E-state index contributed by atoms with van der Waals surface area (Å²) in [6.45, 7) is 2.54. The second kappa shape index (κ2) is 7.04. The largest absolute Gasteiger partial charge is 0.325 e. The number of hydrogen-bond acceptors (Lipinski definition) is 3. The van der Waals surface area contributed by atoms with E-state index < -0.39 is 0 Å². The molecule has 0 atom stereocenters. The van der Waals surface area contributed by atoms with Gasteiger partial charge in [0.05, 0.1) is 11.4 Å². The Labute approximate surface area is 160 Å². The molecule has 27 heavy (non-hydrogen) atoms. The van der Waals surface area contributed by atoms with Crippen LogP contribution in [0.1, 0.15) is 17.3 Å². The van der Waals surface area contributed by atoms with Crippen LogP contribution in [0.25, 0.3) is 10.8 Å². The van der Waals surface area contributed by atoms with Crippen molar-refractivity contribution in [2.45, 2.75) is 11.8 Å². The fourth-order valence-corrected chi connectivity index (χ4v) is 4.03. The molecule has 0 fully saturated rings. The van der Waals surface area contributed by atoms with Gasteiger partial charge in [0.25, 0.3) is 5.91 Å². The average Bonchev–Trinajstić information content (AvgIpc) is 2.96. The predicted octanol–water partition coefficient (Wildman–Crippen LogP) is 4.69. The minimum absolute atomic E-state index is 0.00607. The number of carbonyl (C=O) groups excluding carboxylic acids is 2. The first-order chi connectivity index (χ1) is 13.1. The maximum Gasteiger partial charge on any atom is 0.258 e. The summed E-state index contributed by atoms with van der Waals surface area (Å²) in [5, 5.41) is 4.67. The summed E-state index contributed by atoms with van der Waals surface area (Å²) < 4.78 is 13.0. The second-order valence-corrected chi connectivity index (χ2v) is 7.25. The van der Waals surface area contributed by atoms with Crippen LogP contribution in [0.5, 0.6) is 0 Å². The monoisotopic (exact) mass is 380 g/mol. The summed E-state index contributed by atoms with van der Waals surface area (Å²) in [7, 11) is 0. The van der Waals surface area contributed by atoms with Crippen LogP contribution >= 0.6 is 11.8 Å². The highest BCUT2D eigenvalue weighted by Crippen LogP contribution is 2.40. The quantitative estimate of drug-likeness (QED) is 0.654. The van der Waals surface area contributed by atoms with Gasteiger partial charge < -0.3 is 10.2 Å². The Morgan fingerprint density at radius 1 is 1.11 bits per heavy atom. The SMILES string of the molecule is CCN1C(=O)c2cccc3c(NC(=O)CSc4ccc(F)cc4)ccc1c23. The molecule has 0 saturated heterocycles. The number of nitrogens with one attached hydrogen (secondary N) is 1. The summed E-state index contributed by atoms with van der Waals surface area (Å²) in [4.78, 5) is 27.5. The van der Waals surface area contributed by atoms with Gasteiger partial charge in [-0.2, -0.15) is 0 Å². The van der Waals surface area contributed by atoms with Crippen LogP contribution in [0.15, 0.2) is 59.5 Å². The van der Waals surface area contributed by atoms with E-state index in [1.807, 2.05) is 37.3 Å². The molecule has 0 unspecified atom stereocenters. The van der Waals surface area contributed by atoms with Crippen LogP contribution in [0.2, 0.25) is 0 Å². The average molecular weight is 380 g/mol. The van der Waals surface area contributed by atoms with E-state index in [1.165, 1.54) is 23.9 Å². The summed E-state index contributed by atoms with van der Waals surface area (Å²) >= 11 is 1.34. The lowest BCUT2D eigenvalue weighted by Crippen LogP contribution is -2.25. The van der Waals surface area contributed by atoms with E-state index in [9.17, 15) is 14.0 Å². The highest BCUT2D eigenvalue weighted by molar-refractivity contribution is 8.00. The van der Waals surface area contributed by atoms with Crippen LogP contribution in [0, 0.1) is 5.82 Å². The predicted molar refractivity (Wildman–Crippen MR) is 107 cm³/mol. The maximum atomic E-state index is 13.0. The van der Waals surface area contributed by atoms with Crippen molar-refractivity contribution in [2.24, 2.45) is 0 Å². The van der Waals surface area contributed by atoms with Gasteiger partial charge in [0.15, 0.2) is 0 Å². The van der Waals surface area contributed by atoms with Crippen molar-refractivity contribution in [3.63, 3.8) is 0 Å². The Bertz CT molecular complexity index is 1050. The van der Waals surface area contributed by atoms with Gasteiger partial charge in [-0.05, 0) is 49.4 Å². The van der Waals surface area contributed by atoms with Crippen molar-refractivity contribution in [3.05, 3.63) is 66.0 Å². The Morgan fingerprint density at radius 2 is 1.89 bits per heavy atom. The summed E-state index contributed by atoms with van der Waals surface area (Å²) in [6, 6.07) is 15.3. The molecule has 1 N–H and O–H groups in total. The number of benzene rings is 3. The van der Waals surface area contributed by atoms with E-state index in [0.717, 1.165) is 21.4 Å². The van der Waals surface area contributed by atoms with Gasteiger partial charge in [-0.15, -0.1) is 11.8 Å². The van der Waals surface area contributed by atoms with Crippen molar-refractivity contribution in [2.75, 3.05) is 22.5 Å². The van der Waals surface area contributed by atoms with Crippen molar-refractivity contribution in [3.8, 4) is 0 Å². The fourth-order valence-electron chi connectivity index (χ4n) is 3.33. The lowest BCUT2D eigenvalue weighted by molar-refractivity contribution is -0.113. The molecule has 1 heterocycles. The molecule has 0 aliphatic carbocycles. The zero-order valence-electron chi connectivity index (χ0n) is 14.7. The van der Waals surface area contributed by atoms with E-state index in [-0.39, 0.29) is 23.4 Å². The van der Waals surface area contributed by atoms with Crippen molar-refractivity contribution in [1.82, 2.24) is 0 Å². The number of rotatable bonds is 5. The molecule has 6 heteroatoms. The molecule has 0 radical (unpaired) electrons. The summed E-state index contributed by atoms with van der Waals surface area (Å²) in [5.41, 5.74) is 2.24. The summed E-state index contributed by atoms with van der Waals surface area (Å²) in [5.74, 6) is -0.239. The van der Waals surface area contributed by atoms with E-state index in [1.54, 1.807) is 17.0 Å². The van der Waals surface area contributed by atoms with Gasteiger partial charge in [0.1, 0.15) is 5.82 Å². The highest BCUT2D eigenvalue weighted by atomic mass is 32.2. The van der Waals surface area contributed by atoms with E-state index >= 15 is 0 Å². The van der Waals surface area contributed by atoms with Gasteiger partial charge in [-0.1, -0.05) is 12.1 Å². The molecular formula is C21H17FN2O2S. The topological polar surface area (TPSA) is 49.4 Å². The molecule has 1 aliphatic heterocycles. The first-order valence-electron chi connectivity index (χ1n) is 8.64. The van der Waals surface area contributed by atoms with Crippen LogP contribution in [0.4, 0.5) is 15.8 Å². The Hall–Kier alpha value is -2.86. The van der Waals surface area contributed by atoms with Crippen LogP contribution in [-0.4, -0.2) is 24.1 Å². The standard InChI is InChI=1S/C21H17FN2O2S/c1-2-24-18-11-10-17(15-4-3-5-16(20(15)18)21(24)26)23-19(25)12-27-14-8-6-13(22)7-9-14/h3-11H,2,12H2,1H3,(H,23,25). The van der Waals surface area contributed by atoms with E-state index in [2.05, 4.69) is 5.32 Å². The van der Waals surface area contributed by atoms with Gasteiger partial charge in [0, 0.05) is 33.5 Å². The van der Waals surface area contributed by atoms with Gasteiger partial charge in [-0.25, -0.2) is 4.39 Å². The molecule has 4 nitrogen and oxygen atoms in total. The molecule has 4 rings (SSSR count). The minimum Gasteiger partial charge on any atom is -0.325 e. The van der Waals surface area contributed by atoms with Gasteiger partial charge >= 0.3 is 0 Å². The first kappa shape index (κ1) is 17.5. The molecule has 2 amide bonds. The van der Waals surface area contributed by atoms with Crippen molar-refractivity contribution >= 4 is 45.7 Å². The fraction of sp³-hybridized carbons (Fsp3) is 0.143. The molecule has 0 bridgehead atoms. The molecule has 1 aliphatic rings. The lowest BCUT2D eigenvalue weighted by Gasteiger charge is -2.15. The molecule has 136 valence electrons. The number of halogens is 1. The second-order valence-electron chi connectivity index (χ2n) is 6.20. The smallest absolute Gasteiger partial charge is 0.258 e. The Balaban J connectivity index is 1.56. The zero-order chi connectivity index (χ0) is 19.0. The third kappa shape index (κ3) is 3.17. The number of thioether (sulfide) groups is 1. The third-order valence-electron chi connectivity index (χ3n) is 4.56. The number of hydrogen-bond donors (Lipinski definition) is 1. The maximum absolute atomic E-state index is 13.0. The van der Waals surface area contributed by atoms with E-state index in [0.29, 0.717) is 17.8 Å². The normalized spacial score (nSPS) is 12.7. The summed E-state index contributed by atoms with van der Waals surface area (Å²) in [6.07, 6.45) is 0. The van der Waals surface area contributed by atoms with E-state index in [4.69, 9.17) is 0 Å². The lowest BCUT2D eigenvalue weighted by atomic mass is 10.0. The zero-order valence-corrected chi connectivity index (χ0v) is 15.5. The minimum atomic E-state index is -0.299. The Kier molecular flexibility index (Phi) is 4.58. The van der Waals surface area contributed by atoms with Gasteiger partial charge in [0.2, 0.25) is 5.91 Å². The molecule has 0 spiro atoms.